The van der Waals surface area contributed by atoms with Crippen LogP contribution in [0.2, 0.25) is 0 Å². The van der Waals surface area contributed by atoms with Crippen molar-refractivity contribution in [2.75, 3.05) is 13.7 Å². The Labute approximate surface area is 117 Å². The van der Waals surface area contributed by atoms with Gasteiger partial charge in [0.25, 0.3) is 0 Å². The zero-order chi connectivity index (χ0) is 14.4. The minimum absolute atomic E-state index is 0.292. The van der Waals surface area contributed by atoms with Crippen LogP contribution in [0.4, 0.5) is 0 Å². The van der Waals surface area contributed by atoms with Gasteiger partial charge in [0.2, 0.25) is 0 Å². The van der Waals surface area contributed by atoms with Gasteiger partial charge in [-0.1, -0.05) is 17.1 Å². The van der Waals surface area contributed by atoms with Crippen molar-refractivity contribution in [1.29, 1.82) is 0 Å². The molecule has 2 aromatic rings. The van der Waals surface area contributed by atoms with Crippen molar-refractivity contribution in [2.24, 2.45) is 12.8 Å². The molecule has 6 nitrogen and oxygen atoms in total. The maximum absolute atomic E-state index is 5.72. The van der Waals surface area contributed by atoms with Gasteiger partial charge in [-0.2, -0.15) is 0 Å². The summed E-state index contributed by atoms with van der Waals surface area (Å²) in [4.78, 5) is 0. The summed E-state index contributed by atoms with van der Waals surface area (Å²) in [6, 6.07) is 5.45. The molecule has 1 aromatic carbocycles. The van der Waals surface area contributed by atoms with Crippen molar-refractivity contribution in [3.63, 3.8) is 0 Å². The number of methoxy groups -OCH3 is 1. The molecule has 20 heavy (non-hydrogen) atoms. The molecule has 0 aliphatic carbocycles. The molecule has 0 saturated heterocycles. The van der Waals surface area contributed by atoms with Gasteiger partial charge in [0, 0.05) is 7.05 Å². The summed E-state index contributed by atoms with van der Waals surface area (Å²) in [5.41, 5.74) is 6.88. The number of nitrogens with two attached hydrogens (primary N) is 1. The standard InChI is InChI=1S/C14H16N4O2/c1-18-9-12(16-17-18)10-20-14-6-5-13(19-2)8-11(14)4-3-7-15/h5-6,8-9H,7,10,15H2,1-2H3. The summed E-state index contributed by atoms with van der Waals surface area (Å²) < 4.78 is 12.5. The third kappa shape index (κ3) is 3.49. The molecule has 2 rings (SSSR count). The van der Waals surface area contributed by atoms with E-state index in [1.54, 1.807) is 18.0 Å². The van der Waals surface area contributed by atoms with E-state index in [9.17, 15) is 0 Å². The number of rotatable bonds is 4. The fourth-order valence-electron chi connectivity index (χ4n) is 1.62. The van der Waals surface area contributed by atoms with Gasteiger partial charge in [0.15, 0.2) is 0 Å². The molecule has 0 aliphatic rings. The molecule has 0 fully saturated rings. The maximum Gasteiger partial charge on any atom is 0.135 e. The second kappa shape index (κ2) is 6.59. The number of hydrogen-bond donors (Lipinski definition) is 1. The van der Waals surface area contributed by atoms with Crippen LogP contribution in [0.3, 0.4) is 0 Å². The van der Waals surface area contributed by atoms with E-state index < -0.39 is 0 Å². The summed E-state index contributed by atoms with van der Waals surface area (Å²) in [5, 5.41) is 7.81. The monoisotopic (exact) mass is 272 g/mol. The van der Waals surface area contributed by atoms with E-state index in [0.717, 1.165) is 17.0 Å². The molecule has 0 aliphatic heterocycles. The summed E-state index contributed by atoms with van der Waals surface area (Å²) in [7, 11) is 3.41. The number of ether oxygens (including phenoxy) is 2. The Kier molecular flexibility index (Phi) is 4.58. The Hall–Kier alpha value is -2.52. The van der Waals surface area contributed by atoms with Gasteiger partial charge in [0.05, 0.1) is 25.4 Å². The number of nitrogens with zero attached hydrogens (tertiary/aromatic N) is 3. The van der Waals surface area contributed by atoms with Crippen LogP contribution in [0.25, 0.3) is 0 Å². The van der Waals surface area contributed by atoms with Crippen molar-refractivity contribution >= 4 is 0 Å². The number of hydrogen-bond acceptors (Lipinski definition) is 5. The van der Waals surface area contributed by atoms with Gasteiger partial charge >= 0.3 is 0 Å². The van der Waals surface area contributed by atoms with Gasteiger partial charge in [-0.15, -0.1) is 5.10 Å². The van der Waals surface area contributed by atoms with Crippen LogP contribution in [0.15, 0.2) is 24.4 Å². The highest BCUT2D eigenvalue weighted by atomic mass is 16.5. The van der Waals surface area contributed by atoms with Crippen LogP contribution in [-0.4, -0.2) is 28.6 Å². The fourth-order valence-corrected chi connectivity index (χ4v) is 1.62. The average Bonchev–Trinajstić information content (AvgIpc) is 2.89. The average molecular weight is 272 g/mol. The maximum atomic E-state index is 5.72. The first kappa shape index (κ1) is 13.9. The molecular weight excluding hydrogens is 256 g/mol. The summed E-state index contributed by atoms with van der Waals surface area (Å²) >= 11 is 0. The highest BCUT2D eigenvalue weighted by Gasteiger charge is 2.06. The topological polar surface area (TPSA) is 75.2 Å². The summed E-state index contributed by atoms with van der Waals surface area (Å²) in [6.45, 7) is 0.623. The molecule has 0 spiro atoms. The van der Waals surface area contributed by atoms with Gasteiger partial charge in [-0.05, 0) is 18.2 Å². The number of benzene rings is 1. The van der Waals surface area contributed by atoms with Gasteiger partial charge in [0.1, 0.15) is 23.8 Å². The normalized spacial score (nSPS) is 9.75. The zero-order valence-corrected chi connectivity index (χ0v) is 11.5. The van der Waals surface area contributed by atoms with E-state index in [1.165, 1.54) is 0 Å². The lowest BCUT2D eigenvalue weighted by Crippen LogP contribution is -1.99. The molecule has 0 unspecified atom stereocenters. The predicted molar refractivity (Wildman–Crippen MR) is 74.3 cm³/mol. The first-order valence-electron chi connectivity index (χ1n) is 6.08. The van der Waals surface area contributed by atoms with E-state index >= 15 is 0 Å². The molecule has 2 N–H and O–H groups in total. The van der Waals surface area contributed by atoms with E-state index in [2.05, 4.69) is 22.2 Å². The molecule has 0 radical (unpaired) electrons. The Balaban J connectivity index is 2.17. The Morgan fingerprint density at radius 1 is 1.40 bits per heavy atom. The van der Waals surface area contributed by atoms with Crippen molar-refractivity contribution < 1.29 is 9.47 Å². The predicted octanol–water partition coefficient (Wildman–Crippen LogP) is 0.713. The molecule has 6 heteroatoms. The highest BCUT2D eigenvalue weighted by molar-refractivity contribution is 5.50. The van der Waals surface area contributed by atoms with Crippen molar-refractivity contribution in [1.82, 2.24) is 15.0 Å². The number of aryl methyl sites for hydroxylation is 1. The van der Waals surface area contributed by atoms with Gasteiger partial charge in [-0.25, -0.2) is 0 Å². The SMILES string of the molecule is COc1ccc(OCc2cn(C)nn2)c(C#CCN)c1. The Morgan fingerprint density at radius 2 is 2.25 bits per heavy atom. The van der Waals surface area contributed by atoms with E-state index in [4.69, 9.17) is 15.2 Å². The molecule has 1 heterocycles. The van der Waals surface area contributed by atoms with Crippen LogP contribution in [0.1, 0.15) is 11.3 Å². The van der Waals surface area contributed by atoms with Crippen molar-refractivity contribution in [3.8, 4) is 23.3 Å². The quantitative estimate of drug-likeness (QED) is 0.830. The molecule has 104 valence electrons. The Bertz CT molecular complexity index is 640. The smallest absolute Gasteiger partial charge is 0.135 e. The third-order valence-corrected chi connectivity index (χ3v) is 2.54. The molecular formula is C14H16N4O2. The molecule has 0 amide bonds. The van der Waals surface area contributed by atoms with Crippen molar-refractivity contribution in [2.45, 2.75) is 6.61 Å². The lowest BCUT2D eigenvalue weighted by Gasteiger charge is -2.08. The van der Waals surface area contributed by atoms with E-state index in [0.29, 0.717) is 18.9 Å². The summed E-state index contributed by atoms with van der Waals surface area (Å²) in [6.07, 6.45) is 1.80. The lowest BCUT2D eigenvalue weighted by molar-refractivity contribution is 0.299. The molecule has 0 bridgehead atoms. The number of aromatic nitrogens is 3. The minimum atomic E-state index is 0.292. The second-order valence-electron chi connectivity index (χ2n) is 4.04. The van der Waals surface area contributed by atoms with Crippen LogP contribution >= 0.6 is 0 Å². The van der Waals surface area contributed by atoms with Crippen LogP contribution in [-0.2, 0) is 13.7 Å². The van der Waals surface area contributed by atoms with Crippen LogP contribution < -0.4 is 15.2 Å². The third-order valence-electron chi connectivity index (χ3n) is 2.54. The van der Waals surface area contributed by atoms with Gasteiger partial charge < -0.3 is 15.2 Å². The largest absolute Gasteiger partial charge is 0.497 e. The molecule has 1 aromatic heterocycles. The fraction of sp³-hybridized carbons (Fsp3) is 0.286. The molecule has 0 saturated carbocycles. The first-order chi connectivity index (χ1) is 9.72. The van der Waals surface area contributed by atoms with Gasteiger partial charge in [-0.3, -0.25) is 4.68 Å². The Morgan fingerprint density at radius 3 is 2.90 bits per heavy atom. The van der Waals surface area contributed by atoms with Crippen LogP contribution in [0.5, 0.6) is 11.5 Å². The van der Waals surface area contributed by atoms with E-state index in [1.807, 2.05) is 25.2 Å². The zero-order valence-electron chi connectivity index (χ0n) is 11.5. The lowest BCUT2D eigenvalue weighted by atomic mass is 10.2. The minimum Gasteiger partial charge on any atom is -0.497 e. The highest BCUT2D eigenvalue weighted by Crippen LogP contribution is 2.24. The van der Waals surface area contributed by atoms with E-state index in [-0.39, 0.29) is 0 Å². The summed E-state index contributed by atoms with van der Waals surface area (Å²) in [5.74, 6) is 7.16. The first-order valence-corrected chi connectivity index (χ1v) is 6.08. The second-order valence-corrected chi connectivity index (χ2v) is 4.04. The molecule has 0 atom stereocenters. The van der Waals surface area contributed by atoms with Crippen molar-refractivity contribution in [3.05, 3.63) is 35.7 Å². The van der Waals surface area contributed by atoms with Crippen LogP contribution in [0, 0.1) is 11.8 Å².